The average molecular weight is 248 g/mol. The van der Waals surface area contributed by atoms with Crippen molar-refractivity contribution in [1.82, 2.24) is 14.8 Å². The molecule has 0 amide bonds. The Kier molecular flexibility index (Phi) is 2.87. The van der Waals surface area contributed by atoms with E-state index in [1.165, 1.54) is 23.0 Å². The molecule has 0 radical (unpaired) electrons. The van der Waals surface area contributed by atoms with E-state index in [2.05, 4.69) is 15.2 Å². The minimum Gasteiger partial charge on any atom is -0.409 e. The van der Waals surface area contributed by atoms with Crippen LogP contribution in [0, 0.1) is 10.1 Å². The van der Waals surface area contributed by atoms with E-state index in [1.807, 2.05) is 0 Å². The number of rotatable bonds is 3. The monoisotopic (exact) mass is 248 g/mol. The van der Waals surface area contributed by atoms with Crippen LogP contribution in [0.15, 0.2) is 35.7 Å². The Morgan fingerprint density at radius 1 is 1.56 bits per heavy atom. The number of nitrogens with two attached hydrogens (primary N) is 1. The highest BCUT2D eigenvalue weighted by Gasteiger charge is 2.20. The molecule has 0 saturated heterocycles. The van der Waals surface area contributed by atoms with Gasteiger partial charge in [0.05, 0.1) is 4.92 Å². The molecule has 0 atom stereocenters. The van der Waals surface area contributed by atoms with E-state index >= 15 is 0 Å². The van der Waals surface area contributed by atoms with Crippen molar-refractivity contribution < 1.29 is 10.1 Å². The van der Waals surface area contributed by atoms with Crippen LogP contribution < -0.4 is 5.73 Å². The molecule has 0 aliphatic heterocycles. The van der Waals surface area contributed by atoms with Gasteiger partial charge in [0.1, 0.15) is 0 Å². The van der Waals surface area contributed by atoms with Crippen molar-refractivity contribution in [2.24, 2.45) is 10.9 Å². The van der Waals surface area contributed by atoms with E-state index in [9.17, 15) is 10.1 Å². The molecular weight excluding hydrogens is 240 g/mol. The Balaban J connectivity index is 2.59. The summed E-state index contributed by atoms with van der Waals surface area (Å²) in [6.45, 7) is 0. The first kappa shape index (κ1) is 11.5. The fourth-order valence-electron chi connectivity index (χ4n) is 1.36. The third-order valence-electron chi connectivity index (χ3n) is 2.15. The summed E-state index contributed by atoms with van der Waals surface area (Å²) in [6.07, 6.45) is 3.15. The van der Waals surface area contributed by atoms with Gasteiger partial charge in [0.2, 0.25) is 0 Å². The molecule has 9 nitrogen and oxygen atoms in total. The molecule has 0 saturated carbocycles. The zero-order valence-electron chi connectivity index (χ0n) is 8.96. The van der Waals surface area contributed by atoms with Gasteiger partial charge >= 0.3 is 0 Å². The summed E-state index contributed by atoms with van der Waals surface area (Å²) in [7, 11) is 0. The van der Waals surface area contributed by atoms with Gasteiger partial charge in [-0.15, -0.1) is 0 Å². The minimum absolute atomic E-state index is 0.212. The molecule has 2 aromatic rings. The van der Waals surface area contributed by atoms with Crippen molar-refractivity contribution >= 4 is 11.5 Å². The topological polar surface area (TPSA) is 132 Å². The highest BCUT2D eigenvalue weighted by molar-refractivity contribution is 5.98. The summed E-state index contributed by atoms with van der Waals surface area (Å²) >= 11 is 0. The Morgan fingerprint density at radius 3 is 2.89 bits per heavy atom. The van der Waals surface area contributed by atoms with Gasteiger partial charge in [0, 0.05) is 18.5 Å². The van der Waals surface area contributed by atoms with Crippen LogP contribution >= 0.6 is 0 Å². The Hall–Kier alpha value is -2.97. The summed E-state index contributed by atoms with van der Waals surface area (Å²) in [5.41, 5.74) is 4.80. The average Bonchev–Trinajstić information content (AvgIpc) is 2.90. The molecule has 0 aliphatic carbocycles. The highest BCUT2D eigenvalue weighted by atomic mass is 16.6. The second-order valence-corrected chi connectivity index (χ2v) is 3.23. The summed E-state index contributed by atoms with van der Waals surface area (Å²) < 4.78 is 1.40. The predicted octanol–water partition coefficient (Wildman–Crippen LogP) is 0.270. The van der Waals surface area contributed by atoms with Crippen molar-refractivity contribution in [3.05, 3.63) is 46.4 Å². The van der Waals surface area contributed by atoms with Crippen molar-refractivity contribution in [3.8, 4) is 5.82 Å². The Labute approximate surface area is 100 Å². The molecule has 0 bridgehead atoms. The first-order valence-electron chi connectivity index (χ1n) is 4.77. The van der Waals surface area contributed by atoms with E-state index in [0.29, 0.717) is 5.82 Å². The van der Waals surface area contributed by atoms with Crippen LogP contribution in [0.5, 0.6) is 0 Å². The molecule has 2 rings (SSSR count). The Morgan fingerprint density at radius 2 is 2.33 bits per heavy atom. The molecule has 0 spiro atoms. The number of nitro groups is 1. The largest absolute Gasteiger partial charge is 0.409 e. The van der Waals surface area contributed by atoms with E-state index in [-0.39, 0.29) is 11.4 Å². The molecule has 0 aliphatic rings. The summed E-state index contributed by atoms with van der Waals surface area (Å²) in [5.74, 6) is -0.108. The second-order valence-electron chi connectivity index (χ2n) is 3.23. The van der Waals surface area contributed by atoms with Crippen LogP contribution in [0.3, 0.4) is 0 Å². The SMILES string of the molecule is N/C(=N/O)c1nc(-n2cccn2)ccc1[N+](=O)[O-]. The van der Waals surface area contributed by atoms with Gasteiger partial charge in [0.15, 0.2) is 17.3 Å². The Bertz CT molecular complexity index is 607. The zero-order valence-corrected chi connectivity index (χ0v) is 8.96. The van der Waals surface area contributed by atoms with E-state index in [0.717, 1.165) is 0 Å². The lowest BCUT2D eigenvalue weighted by atomic mass is 10.2. The van der Waals surface area contributed by atoms with Crippen molar-refractivity contribution in [2.45, 2.75) is 0 Å². The van der Waals surface area contributed by atoms with Crippen molar-refractivity contribution in [1.29, 1.82) is 0 Å². The maximum Gasteiger partial charge on any atom is 0.298 e. The van der Waals surface area contributed by atoms with Crippen LogP contribution in [-0.4, -0.2) is 30.7 Å². The van der Waals surface area contributed by atoms with Gasteiger partial charge in [-0.2, -0.15) is 5.10 Å². The number of hydrogen-bond acceptors (Lipinski definition) is 6. The fourth-order valence-corrected chi connectivity index (χ4v) is 1.36. The second kappa shape index (κ2) is 4.49. The maximum atomic E-state index is 10.8. The van der Waals surface area contributed by atoms with Crippen molar-refractivity contribution in [2.75, 3.05) is 0 Å². The van der Waals surface area contributed by atoms with Crippen LogP contribution in [0.2, 0.25) is 0 Å². The lowest BCUT2D eigenvalue weighted by molar-refractivity contribution is -0.385. The maximum absolute atomic E-state index is 10.8. The van der Waals surface area contributed by atoms with E-state index < -0.39 is 10.8 Å². The summed E-state index contributed by atoms with van der Waals surface area (Å²) in [6, 6.07) is 4.31. The number of nitrogens with zero attached hydrogens (tertiary/aromatic N) is 5. The molecule has 92 valence electrons. The predicted molar refractivity (Wildman–Crippen MR) is 60.5 cm³/mol. The molecule has 2 heterocycles. The number of hydrogen-bond donors (Lipinski definition) is 2. The fraction of sp³-hybridized carbons (Fsp3) is 0. The highest BCUT2D eigenvalue weighted by Crippen LogP contribution is 2.18. The standard InChI is InChI=1S/C9H8N6O3/c10-9(13-16)8-6(15(17)18)2-3-7(12-8)14-5-1-4-11-14/h1-5,16H,(H2,10,13). The lowest BCUT2D eigenvalue weighted by Gasteiger charge is -2.04. The van der Waals surface area contributed by atoms with Gasteiger partial charge in [-0.1, -0.05) is 5.16 Å². The third kappa shape index (κ3) is 1.96. The lowest BCUT2D eigenvalue weighted by Crippen LogP contribution is -2.18. The van der Waals surface area contributed by atoms with E-state index in [4.69, 9.17) is 10.9 Å². The van der Waals surface area contributed by atoms with Crippen LogP contribution in [0.4, 0.5) is 5.69 Å². The van der Waals surface area contributed by atoms with Crippen LogP contribution in [0.25, 0.3) is 5.82 Å². The molecule has 0 aromatic carbocycles. The first-order chi connectivity index (χ1) is 8.63. The third-order valence-corrected chi connectivity index (χ3v) is 2.15. The molecule has 18 heavy (non-hydrogen) atoms. The van der Waals surface area contributed by atoms with Gasteiger partial charge in [-0.05, 0) is 12.1 Å². The molecule has 9 heteroatoms. The van der Waals surface area contributed by atoms with Crippen LogP contribution in [0.1, 0.15) is 5.69 Å². The minimum atomic E-state index is -0.659. The van der Waals surface area contributed by atoms with Gasteiger partial charge < -0.3 is 10.9 Å². The van der Waals surface area contributed by atoms with Crippen LogP contribution in [-0.2, 0) is 0 Å². The normalized spacial score (nSPS) is 11.4. The smallest absolute Gasteiger partial charge is 0.298 e. The summed E-state index contributed by atoms with van der Waals surface area (Å²) in [4.78, 5) is 14.1. The zero-order chi connectivity index (χ0) is 13.1. The molecule has 3 N–H and O–H groups in total. The van der Waals surface area contributed by atoms with Gasteiger partial charge in [-0.3, -0.25) is 10.1 Å². The molecular formula is C9H8N6O3. The van der Waals surface area contributed by atoms with Gasteiger partial charge in [0.25, 0.3) is 5.69 Å². The molecule has 0 unspecified atom stereocenters. The van der Waals surface area contributed by atoms with Gasteiger partial charge in [-0.25, -0.2) is 9.67 Å². The number of oxime groups is 1. The quantitative estimate of drug-likeness (QED) is 0.263. The molecule has 2 aromatic heterocycles. The first-order valence-corrected chi connectivity index (χ1v) is 4.77. The molecule has 0 fully saturated rings. The number of pyridine rings is 1. The summed E-state index contributed by atoms with van der Waals surface area (Å²) in [5, 5.41) is 26.0. The number of amidine groups is 1. The number of aromatic nitrogens is 3. The van der Waals surface area contributed by atoms with E-state index in [1.54, 1.807) is 12.3 Å². The van der Waals surface area contributed by atoms with Crippen molar-refractivity contribution in [3.63, 3.8) is 0 Å².